The van der Waals surface area contributed by atoms with E-state index in [0.717, 1.165) is 26.4 Å². The lowest BCUT2D eigenvalue weighted by atomic mass is 10.2. The molecule has 0 radical (unpaired) electrons. The molecule has 0 fully saturated rings. The third-order valence-corrected chi connectivity index (χ3v) is 3.43. The Bertz CT molecular complexity index is 540. The zero-order chi connectivity index (χ0) is 13.7. The van der Waals surface area contributed by atoms with Gasteiger partial charge in [-0.2, -0.15) is 0 Å². The Morgan fingerprint density at radius 2 is 1.79 bits per heavy atom. The van der Waals surface area contributed by atoms with Crippen molar-refractivity contribution in [2.45, 2.75) is 13.2 Å². The second-order valence-electron chi connectivity index (χ2n) is 4.08. The predicted octanol–water partition coefficient (Wildman–Crippen LogP) is 4.83. The first-order chi connectivity index (χ1) is 9.19. The van der Waals surface area contributed by atoms with E-state index >= 15 is 0 Å². The van der Waals surface area contributed by atoms with E-state index in [-0.39, 0.29) is 0 Å². The van der Waals surface area contributed by atoms with Crippen LogP contribution in [0.2, 0.25) is 5.02 Å². The molecule has 19 heavy (non-hydrogen) atoms. The molecule has 0 unspecified atom stereocenters. The van der Waals surface area contributed by atoms with Crippen LogP contribution in [0.15, 0.2) is 46.9 Å². The lowest BCUT2D eigenvalue weighted by Crippen LogP contribution is -1.97. The first-order valence-corrected chi connectivity index (χ1v) is 7.01. The number of halogens is 2. The molecule has 100 valence electrons. The molecule has 0 spiro atoms. The van der Waals surface area contributed by atoms with Crippen molar-refractivity contribution in [3.8, 4) is 5.75 Å². The molecule has 2 nitrogen and oxygen atoms in total. The Morgan fingerprint density at radius 3 is 2.47 bits per heavy atom. The molecule has 0 saturated carbocycles. The van der Waals surface area contributed by atoms with Gasteiger partial charge in [0, 0.05) is 15.1 Å². The van der Waals surface area contributed by atoms with Gasteiger partial charge in [-0.15, -0.1) is 0 Å². The third kappa shape index (κ3) is 4.23. The summed E-state index contributed by atoms with van der Waals surface area (Å²) in [7, 11) is 1.66. The fourth-order valence-corrected chi connectivity index (χ4v) is 2.25. The second-order valence-corrected chi connectivity index (χ2v) is 5.43. The molecule has 0 aliphatic carbocycles. The molecule has 4 heteroatoms. The van der Waals surface area contributed by atoms with E-state index < -0.39 is 0 Å². The minimum atomic E-state index is 0.505. The summed E-state index contributed by atoms with van der Waals surface area (Å²) in [5, 5.41) is 0.734. The predicted molar refractivity (Wildman–Crippen MR) is 80.6 cm³/mol. The minimum Gasteiger partial charge on any atom is -0.496 e. The van der Waals surface area contributed by atoms with Gasteiger partial charge in [-0.3, -0.25) is 0 Å². The summed E-state index contributed by atoms with van der Waals surface area (Å²) in [6.07, 6.45) is 0. The topological polar surface area (TPSA) is 18.5 Å². The Morgan fingerprint density at radius 1 is 1.05 bits per heavy atom. The van der Waals surface area contributed by atoms with Crippen molar-refractivity contribution in [2.75, 3.05) is 7.11 Å². The van der Waals surface area contributed by atoms with E-state index in [1.807, 2.05) is 42.5 Å². The summed E-state index contributed by atoms with van der Waals surface area (Å²) in [5.74, 6) is 0.833. The van der Waals surface area contributed by atoms with Crippen LogP contribution in [-0.2, 0) is 18.0 Å². The van der Waals surface area contributed by atoms with Crippen molar-refractivity contribution in [2.24, 2.45) is 0 Å². The van der Waals surface area contributed by atoms with Gasteiger partial charge in [0.15, 0.2) is 0 Å². The molecular formula is C15H14BrClO2. The fourth-order valence-electron chi connectivity index (χ4n) is 1.72. The molecule has 2 aromatic rings. The molecule has 0 amide bonds. The van der Waals surface area contributed by atoms with Gasteiger partial charge in [0.1, 0.15) is 5.75 Å². The molecule has 0 saturated heterocycles. The van der Waals surface area contributed by atoms with Crippen LogP contribution < -0.4 is 4.74 Å². The molecule has 2 rings (SSSR count). The minimum absolute atomic E-state index is 0.505. The molecule has 0 N–H and O–H groups in total. The lowest BCUT2D eigenvalue weighted by molar-refractivity contribution is 0.105. The Hall–Kier alpha value is -1.03. The van der Waals surface area contributed by atoms with E-state index in [1.54, 1.807) is 7.11 Å². The van der Waals surface area contributed by atoms with E-state index in [0.29, 0.717) is 13.2 Å². The number of methoxy groups -OCH3 is 1. The highest BCUT2D eigenvalue weighted by Gasteiger charge is 2.04. The van der Waals surface area contributed by atoms with Gasteiger partial charge in [0.2, 0.25) is 0 Å². The molecule has 0 aliphatic rings. The van der Waals surface area contributed by atoms with E-state index in [4.69, 9.17) is 21.1 Å². The highest BCUT2D eigenvalue weighted by atomic mass is 79.9. The Kier molecular flexibility index (Phi) is 5.25. The first kappa shape index (κ1) is 14.4. The molecule has 0 bridgehead atoms. The summed E-state index contributed by atoms with van der Waals surface area (Å²) >= 11 is 9.28. The van der Waals surface area contributed by atoms with Crippen molar-refractivity contribution in [3.05, 3.63) is 63.1 Å². The van der Waals surface area contributed by atoms with Crippen molar-refractivity contribution in [3.63, 3.8) is 0 Å². The van der Waals surface area contributed by atoms with Gasteiger partial charge in [0.25, 0.3) is 0 Å². The maximum atomic E-state index is 5.84. The van der Waals surface area contributed by atoms with E-state index in [9.17, 15) is 0 Å². The number of rotatable bonds is 5. The van der Waals surface area contributed by atoms with Crippen LogP contribution in [0.4, 0.5) is 0 Å². The number of ether oxygens (including phenoxy) is 2. The third-order valence-electron chi connectivity index (χ3n) is 2.68. The summed E-state index contributed by atoms with van der Waals surface area (Å²) in [5.41, 5.74) is 2.12. The Balaban J connectivity index is 1.95. The zero-order valence-electron chi connectivity index (χ0n) is 10.5. The first-order valence-electron chi connectivity index (χ1n) is 5.83. The SMILES string of the molecule is COc1ccc(Br)cc1COCc1ccc(Cl)cc1. The molecule has 0 aliphatic heterocycles. The number of hydrogen-bond donors (Lipinski definition) is 0. The van der Waals surface area contributed by atoms with Gasteiger partial charge >= 0.3 is 0 Å². The quantitative estimate of drug-likeness (QED) is 0.775. The van der Waals surface area contributed by atoms with Crippen molar-refractivity contribution >= 4 is 27.5 Å². The maximum absolute atomic E-state index is 5.84. The highest BCUT2D eigenvalue weighted by Crippen LogP contribution is 2.24. The largest absolute Gasteiger partial charge is 0.496 e. The molecular weight excluding hydrogens is 328 g/mol. The van der Waals surface area contributed by atoms with Crippen LogP contribution in [0.25, 0.3) is 0 Å². The van der Waals surface area contributed by atoms with E-state index in [1.165, 1.54) is 0 Å². The van der Waals surface area contributed by atoms with Crippen molar-refractivity contribution in [1.29, 1.82) is 0 Å². The van der Waals surface area contributed by atoms with Crippen LogP contribution in [0.3, 0.4) is 0 Å². The van der Waals surface area contributed by atoms with Gasteiger partial charge < -0.3 is 9.47 Å². The maximum Gasteiger partial charge on any atom is 0.124 e. The standard InChI is InChI=1S/C15H14BrClO2/c1-18-15-7-4-13(16)8-12(15)10-19-9-11-2-5-14(17)6-3-11/h2-8H,9-10H2,1H3. The Labute approximate surface area is 126 Å². The fraction of sp³-hybridized carbons (Fsp3) is 0.200. The van der Waals surface area contributed by atoms with Crippen molar-refractivity contribution < 1.29 is 9.47 Å². The van der Waals surface area contributed by atoms with Crippen LogP contribution in [0, 0.1) is 0 Å². The van der Waals surface area contributed by atoms with Gasteiger partial charge in [0.05, 0.1) is 20.3 Å². The second kappa shape index (κ2) is 6.94. The van der Waals surface area contributed by atoms with Gasteiger partial charge in [-0.25, -0.2) is 0 Å². The van der Waals surface area contributed by atoms with Crippen LogP contribution in [-0.4, -0.2) is 7.11 Å². The molecule has 0 atom stereocenters. The van der Waals surface area contributed by atoms with Crippen LogP contribution in [0.1, 0.15) is 11.1 Å². The number of benzene rings is 2. The van der Waals surface area contributed by atoms with Gasteiger partial charge in [-0.05, 0) is 35.9 Å². The normalized spacial score (nSPS) is 10.5. The average molecular weight is 342 g/mol. The lowest BCUT2D eigenvalue weighted by Gasteiger charge is -2.10. The van der Waals surface area contributed by atoms with Crippen LogP contribution in [0.5, 0.6) is 5.75 Å². The smallest absolute Gasteiger partial charge is 0.124 e. The summed E-state index contributed by atoms with van der Waals surface area (Å²) < 4.78 is 12.0. The van der Waals surface area contributed by atoms with Gasteiger partial charge in [-0.1, -0.05) is 39.7 Å². The number of hydrogen-bond acceptors (Lipinski definition) is 2. The van der Waals surface area contributed by atoms with Crippen molar-refractivity contribution in [1.82, 2.24) is 0 Å². The average Bonchev–Trinajstić information content (AvgIpc) is 2.41. The summed E-state index contributed by atoms with van der Waals surface area (Å²) in [6, 6.07) is 13.5. The summed E-state index contributed by atoms with van der Waals surface area (Å²) in [4.78, 5) is 0. The monoisotopic (exact) mass is 340 g/mol. The zero-order valence-corrected chi connectivity index (χ0v) is 12.9. The highest BCUT2D eigenvalue weighted by molar-refractivity contribution is 9.10. The molecule has 0 aromatic heterocycles. The van der Waals surface area contributed by atoms with E-state index in [2.05, 4.69) is 15.9 Å². The molecule has 2 aromatic carbocycles. The molecule has 0 heterocycles. The summed E-state index contributed by atoms with van der Waals surface area (Å²) in [6.45, 7) is 1.05. The van der Waals surface area contributed by atoms with Crippen LogP contribution >= 0.6 is 27.5 Å².